The summed E-state index contributed by atoms with van der Waals surface area (Å²) < 4.78 is 0. The fraction of sp³-hybridized carbons (Fsp3) is 0. The third-order valence-electron chi connectivity index (χ3n) is 0. The van der Waals surface area contributed by atoms with Gasteiger partial charge in [0.05, 0.1) is 0 Å². The topological polar surface area (TPSA) is 0 Å². The van der Waals surface area contributed by atoms with Gasteiger partial charge in [-0.2, -0.15) is 0 Å². The molecule has 0 unspecified atom stereocenters. The van der Waals surface area contributed by atoms with Crippen LogP contribution in [0.5, 0.6) is 0 Å². The smallest absolute Gasteiger partial charge is 2.00 e. The molecule has 0 atom stereocenters. The first-order valence-corrected chi connectivity index (χ1v) is 0. The molecule has 0 fully saturated rings. The van der Waals surface area contributed by atoms with Crippen LogP contribution in [0.15, 0.2) is 0 Å². The first kappa shape index (κ1) is 32.7. The third-order valence-corrected chi connectivity index (χ3v) is 0. The van der Waals surface area contributed by atoms with E-state index >= 15 is 0 Å². The van der Waals surface area contributed by atoms with Crippen LogP contribution in [0.3, 0.4) is 0 Å². The van der Waals surface area contributed by atoms with E-state index in [4.69, 9.17) is 0 Å². The zero-order chi connectivity index (χ0) is 0. The van der Waals surface area contributed by atoms with E-state index in [1.165, 1.54) is 0 Å². The molecule has 4 heavy (non-hydrogen) atoms. The molecule has 0 saturated heterocycles. The normalized spacial score (nSPS) is 0. The molecular formula is BeTe2Zn. The zero-order valence-electron chi connectivity index (χ0n) is 2.23. The van der Waals surface area contributed by atoms with Gasteiger partial charge >= 0.3 is 29.6 Å². The molecule has 0 aliphatic carbocycles. The summed E-state index contributed by atoms with van der Waals surface area (Å²) in [7, 11) is 0. The quantitative estimate of drug-likeness (QED) is 0.493. The van der Waals surface area contributed by atoms with Gasteiger partial charge in [-0.05, 0) is 0 Å². The average Bonchev–Trinajstić information content (AvgIpc) is 0. The van der Waals surface area contributed by atoms with Crippen molar-refractivity contribution in [2.75, 3.05) is 0 Å². The maximum absolute atomic E-state index is 0. The maximum atomic E-state index is 0. The second-order valence-electron chi connectivity index (χ2n) is 0. The van der Waals surface area contributed by atoms with E-state index in [1.54, 1.807) is 0 Å². The number of rotatable bonds is 0. The summed E-state index contributed by atoms with van der Waals surface area (Å²) >= 11 is 0. The van der Waals surface area contributed by atoms with Crippen LogP contribution in [0.2, 0.25) is 0 Å². The second-order valence-corrected chi connectivity index (χ2v) is 0. The number of hydrogen-bond donors (Lipinski definition) is 0. The largest absolute Gasteiger partial charge is 2.00 e. The van der Waals surface area contributed by atoms with E-state index in [-0.39, 0.29) is 76.9 Å². The molecule has 0 N–H and O–H groups in total. The molecular weight excluding hydrogens is 330 g/mol. The Morgan fingerprint density at radius 3 is 0.750 bits per heavy atom. The minimum Gasteiger partial charge on any atom is -2.00 e. The molecule has 0 aromatic heterocycles. The van der Waals surface area contributed by atoms with Crippen LogP contribution in [0.1, 0.15) is 0 Å². The van der Waals surface area contributed by atoms with Gasteiger partial charge in [0.2, 0.25) is 0 Å². The molecule has 0 amide bonds. The van der Waals surface area contributed by atoms with Gasteiger partial charge in [0, 0.05) is 0 Å². The summed E-state index contributed by atoms with van der Waals surface area (Å²) in [5.41, 5.74) is 0. The molecule has 0 aromatic carbocycles. The van der Waals surface area contributed by atoms with Crippen molar-refractivity contribution in [3.05, 3.63) is 0 Å². The van der Waals surface area contributed by atoms with Crippen LogP contribution in [0.4, 0.5) is 0 Å². The fourth-order valence-electron chi connectivity index (χ4n) is 0. The summed E-state index contributed by atoms with van der Waals surface area (Å²) in [5, 5.41) is 0. The molecule has 16 valence electrons. The second kappa shape index (κ2) is 18.3. The van der Waals surface area contributed by atoms with E-state index in [2.05, 4.69) is 0 Å². The minimum atomic E-state index is 0. The molecule has 0 nitrogen and oxygen atoms in total. The van der Waals surface area contributed by atoms with E-state index < -0.39 is 0 Å². The minimum absolute atomic E-state index is 0. The Labute approximate surface area is 75.9 Å². The molecule has 4 heteroatoms. The van der Waals surface area contributed by atoms with Crippen LogP contribution in [-0.4, -0.2) is 57.5 Å². The summed E-state index contributed by atoms with van der Waals surface area (Å²) in [6.45, 7) is 0. The van der Waals surface area contributed by atoms with E-state index in [0.717, 1.165) is 0 Å². The molecule has 0 saturated carbocycles. The van der Waals surface area contributed by atoms with Gasteiger partial charge in [-0.15, -0.1) is 0 Å². The van der Waals surface area contributed by atoms with Crippen LogP contribution >= 0.6 is 0 Å². The van der Waals surface area contributed by atoms with E-state index in [1.807, 2.05) is 0 Å². The van der Waals surface area contributed by atoms with Crippen LogP contribution in [-0.2, 0) is 19.5 Å². The predicted molar refractivity (Wildman–Crippen MR) is 17.3 cm³/mol. The van der Waals surface area contributed by atoms with Gasteiger partial charge in [-0.25, -0.2) is 0 Å². The van der Waals surface area contributed by atoms with E-state index in [0.29, 0.717) is 0 Å². The first-order chi connectivity index (χ1) is 0. The first-order valence-electron chi connectivity index (χ1n) is 0. The predicted octanol–water partition coefficient (Wildman–Crippen LogP) is -1.14. The van der Waals surface area contributed by atoms with Crippen molar-refractivity contribution in [1.29, 1.82) is 0 Å². The molecule has 0 aliphatic rings. The van der Waals surface area contributed by atoms with E-state index in [9.17, 15) is 0 Å². The van der Waals surface area contributed by atoms with Crippen molar-refractivity contribution >= 4 is 57.5 Å². The molecule has 0 rings (SSSR count). The summed E-state index contributed by atoms with van der Waals surface area (Å²) in [5.74, 6) is 0. The monoisotopic (exact) mass is 333 g/mol. The van der Waals surface area contributed by atoms with Gasteiger partial charge in [0.15, 0.2) is 0 Å². The van der Waals surface area contributed by atoms with Gasteiger partial charge in [0.1, 0.15) is 0 Å². The Hall–Kier alpha value is 2.37. The Morgan fingerprint density at radius 1 is 0.750 bits per heavy atom. The van der Waals surface area contributed by atoms with Crippen molar-refractivity contribution < 1.29 is 19.5 Å². The van der Waals surface area contributed by atoms with Crippen molar-refractivity contribution in [3.8, 4) is 0 Å². The van der Waals surface area contributed by atoms with Gasteiger partial charge < -0.3 is 47.3 Å². The molecule has 0 spiro atoms. The average molecular weight is 330 g/mol. The van der Waals surface area contributed by atoms with Crippen molar-refractivity contribution in [1.82, 2.24) is 0 Å². The third kappa shape index (κ3) is 8.84. The van der Waals surface area contributed by atoms with Crippen LogP contribution in [0.25, 0.3) is 0 Å². The fourth-order valence-corrected chi connectivity index (χ4v) is 0. The molecule has 0 radical (unpaired) electrons. The molecule has 0 aliphatic heterocycles. The SMILES string of the molecule is [Be+2].[Te-2].[Te-2].[Zn+2]. The van der Waals surface area contributed by atoms with Crippen molar-refractivity contribution in [2.24, 2.45) is 0 Å². The van der Waals surface area contributed by atoms with Crippen LogP contribution < -0.4 is 0 Å². The van der Waals surface area contributed by atoms with Crippen molar-refractivity contribution in [3.63, 3.8) is 0 Å². The molecule has 0 bridgehead atoms. The van der Waals surface area contributed by atoms with Crippen LogP contribution in [0, 0.1) is 0 Å². The zero-order valence-corrected chi connectivity index (χ0v) is 9.86. The van der Waals surface area contributed by atoms with Crippen molar-refractivity contribution in [2.45, 2.75) is 0 Å². The summed E-state index contributed by atoms with van der Waals surface area (Å²) in [6, 6.07) is 0. The number of hydrogen-bond acceptors (Lipinski definition) is 0. The summed E-state index contributed by atoms with van der Waals surface area (Å²) in [4.78, 5) is 0. The van der Waals surface area contributed by atoms with Gasteiger partial charge in [-0.1, -0.05) is 0 Å². The standard InChI is InChI=1S/Be.2Te.Zn/q+2;2*-2;+2. The molecule has 0 aromatic rings. The Bertz CT molecular complexity index is 6.00. The maximum Gasteiger partial charge on any atom is 2.00 e. The Morgan fingerprint density at radius 2 is 0.750 bits per heavy atom. The Balaban J connectivity index is 0. The van der Waals surface area contributed by atoms with Gasteiger partial charge in [0.25, 0.3) is 0 Å². The summed E-state index contributed by atoms with van der Waals surface area (Å²) in [6.07, 6.45) is 0. The van der Waals surface area contributed by atoms with Gasteiger partial charge in [-0.3, -0.25) is 0 Å². The molecule has 0 heterocycles. The Kier molecular flexibility index (Phi) is 149.